The van der Waals surface area contributed by atoms with Gasteiger partial charge in [-0.15, -0.1) is 0 Å². The van der Waals surface area contributed by atoms with E-state index in [9.17, 15) is 4.79 Å². The number of hydrogen-bond acceptors (Lipinski definition) is 2. The summed E-state index contributed by atoms with van der Waals surface area (Å²) in [5.74, 6) is 0.264. The SMILES string of the molecule is CCC(=O)CN(C)c1ccc2ccccc2c1. The Hall–Kier alpha value is -1.83. The van der Waals surface area contributed by atoms with Crippen LogP contribution in [0, 0.1) is 0 Å². The van der Waals surface area contributed by atoms with Crippen LogP contribution in [0.1, 0.15) is 13.3 Å². The van der Waals surface area contributed by atoms with Crippen molar-refractivity contribution in [1.29, 1.82) is 0 Å². The molecule has 2 nitrogen and oxygen atoms in total. The third kappa shape index (κ3) is 2.64. The zero-order chi connectivity index (χ0) is 12.3. The number of hydrogen-bond donors (Lipinski definition) is 0. The third-order valence-corrected chi connectivity index (χ3v) is 2.98. The molecule has 0 aliphatic rings. The molecular weight excluding hydrogens is 210 g/mol. The van der Waals surface area contributed by atoms with Crippen LogP contribution in [-0.2, 0) is 4.79 Å². The van der Waals surface area contributed by atoms with Gasteiger partial charge in [-0.25, -0.2) is 0 Å². The van der Waals surface area contributed by atoms with Crippen LogP contribution in [0.5, 0.6) is 0 Å². The molecular formula is C15H17NO. The summed E-state index contributed by atoms with van der Waals surface area (Å²) >= 11 is 0. The highest BCUT2D eigenvalue weighted by molar-refractivity contribution is 5.87. The number of anilines is 1. The lowest BCUT2D eigenvalue weighted by atomic mass is 10.1. The van der Waals surface area contributed by atoms with Crippen molar-refractivity contribution in [3.8, 4) is 0 Å². The number of likely N-dealkylation sites (N-methyl/N-ethyl adjacent to an activating group) is 1. The van der Waals surface area contributed by atoms with Gasteiger partial charge in [0.15, 0.2) is 5.78 Å². The van der Waals surface area contributed by atoms with E-state index in [1.165, 1.54) is 10.8 Å². The number of carbonyl (C=O) groups excluding carboxylic acids is 1. The fourth-order valence-electron chi connectivity index (χ4n) is 1.88. The molecule has 0 aromatic heterocycles. The van der Waals surface area contributed by atoms with E-state index in [-0.39, 0.29) is 5.78 Å². The molecule has 0 aliphatic carbocycles. The normalized spacial score (nSPS) is 10.5. The fraction of sp³-hybridized carbons (Fsp3) is 0.267. The van der Waals surface area contributed by atoms with Crippen molar-refractivity contribution in [2.24, 2.45) is 0 Å². The van der Waals surface area contributed by atoms with Gasteiger partial charge in [0.1, 0.15) is 0 Å². The van der Waals surface area contributed by atoms with Gasteiger partial charge in [-0.2, -0.15) is 0 Å². The maximum absolute atomic E-state index is 11.4. The molecule has 2 rings (SSSR count). The zero-order valence-electron chi connectivity index (χ0n) is 10.3. The highest BCUT2D eigenvalue weighted by Gasteiger charge is 2.06. The topological polar surface area (TPSA) is 20.3 Å². The summed E-state index contributed by atoms with van der Waals surface area (Å²) in [5.41, 5.74) is 1.09. The third-order valence-electron chi connectivity index (χ3n) is 2.98. The van der Waals surface area contributed by atoms with Gasteiger partial charge < -0.3 is 4.90 Å². The van der Waals surface area contributed by atoms with Crippen LogP contribution in [0.25, 0.3) is 10.8 Å². The first kappa shape index (κ1) is 11.6. The summed E-state index contributed by atoms with van der Waals surface area (Å²) in [7, 11) is 1.96. The number of ketones is 1. The molecule has 0 radical (unpaired) electrons. The molecule has 17 heavy (non-hydrogen) atoms. The monoisotopic (exact) mass is 227 g/mol. The van der Waals surface area contributed by atoms with Crippen LogP contribution in [0.2, 0.25) is 0 Å². The molecule has 2 aromatic carbocycles. The molecule has 0 spiro atoms. The Labute approximate surface area is 102 Å². The standard InChI is InChI=1S/C15H17NO/c1-3-15(17)11-16(2)14-9-8-12-6-4-5-7-13(12)10-14/h4-10H,3,11H2,1-2H3. The molecule has 0 bridgehead atoms. The Kier molecular flexibility index (Phi) is 3.43. The van der Waals surface area contributed by atoms with Crippen LogP contribution in [0.15, 0.2) is 42.5 Å². The second kappa shape index (κ2) is 5.00. The number of carbonyl (C=O) groups is 1. The lowest BCUT2D eigenvalue weighted by molar-refractivity contribution is -0.117. The lowest BCUT2D eigenvalue weighted by Crippen LogP contribution is -2.24. The second-order valence-electron chi connectivity index (χ2n) is 4.28. The minimum absolute atomic E-state index is 0.264. The molecule has 2 heteroatoms. The van der Waals surface area contributed by atoms with Crippen LogP contribution in [0.4, 0.5) is 5.69 Å². The van der Waals surface area contributed by atoms with E-state index in [0.29, 0.717) is 13.0 Å². The number of nitrogens with zero attached hydrogens (tertiary/aromatic N) is 1. The number of rotatable bonds is 4. The summed E-state index contributed by atoms with van der Waals surface area (Å²) in [6, 6.07) is 14.5. The first-order chi connectivity index (χ1) is 8.20. The molecule has 0 N–H and O–H groups in total. The molecule has 88 valence electrons. The van der Waals surface area contributed by atoms with Crippen LogP contribution < -0.4 is 4.90 Å². The van der Waals surface area contributed by atoms with Gasteiger partial charge in [0.05, 0.1) is 6.54 Å². The quantitative estimate of drug-likeness (QED) is 0.799. The number of fused-ring (bicyclic) bond motifs is 1. The van der Waals surface area contributed by atoms with Gasteiger partial charge in [0.2, 0.25) is 0 Å². The predicted molar refractivity (Wildman–Crippen MR) is 72.5 cm³/mol. The summed E-state index contributed by atoms with van der Waals surface area (Å²) < 4.78 is 0. The zero-order valence-corrected chi connectivity index (χ0v) is 10.3. The highest BCUT2D eigenvalue weighted by atomic mass is 16.1. The Balaban J connectivity index is 2.26. The summed E-state index contributed by atoms with van der Waals surface area (Å²) in [5, 5.41) is 2.44. The van der Waals surface area contributed by atoms with Crippen LogP contribution in [-0.4, -0.2) is 19.4 Å². The van der Waals surface area contributed by atoms with Gasteiger partial charge in [0, 0.05) is 19.2 Å². The largest absolute Gasteiger partial charge is 0.367 e. The first-order valence-corrected chi connectivity index (χ1v) is 5.92. The molecule has 0 saturated carbocycles. The van der Waals surface area contributed by atoms with Crippen molar-refractivity contribution in [2.45, 2.75) is 13.3 Å². The maximum atomic E-state index is 11.4. The molecule has 0 atom stereocenters. The van der Waals surface area contributed by atoms with Crippen molar-refractivity contribution < 1.29 is 4.79 Å². The molecule has 0 unspecified atom stereocenters. The van der Waals surface area contributed by atoms with Crippen LogP contribution in [0.3, 0.4) is 0 Å². The first-order valence-electron chi connectivity index (χ1n) is 5.92. The molecule has 0 aliphatic heterocycles. The molecule has 0 saturated heterocycles. The summed E-state index contributed by atoms with van der Waals surface area (Å²) in [4.78, 5) is 13.4. The Morgan fingerprint density at radius 3 is 2.53 bits per heavy atom. The Bertz CT molecular complexity index is 533. The van der Waals surface area contributed by atoms with Crippen molar-refractivity contribution in [2.75, 3.05) is 18.5 Å². The predicted octanol–water partition coefficient (Wildman–Crippen LogP) is 3.26. The van der Waals surface area contributed by atoms with Gasteiger partial charge >= 0.3 is 0 Å². The van der Waals surface area contributed by atoms with Gasteiger partial charge in [-0.3, -0.25) is 4.79 Å². The van der Waals surface area contributed by atoms with Crippen molar-refractivity contribution in [3.63, 3.8) is 0 Å². The van der Waals surface area contributed by atoms with Gasteiger partial charge in [-0.1, -0.05) is 37.3 Å². The molecule has 0 fully saturated rings. The molecule has 0 heterocycles. The summed E-state index contributed by atoms with van der Waals surface area (Å²) in [6.07, 6.45) is 0.595. The van der Waals surface area contributed by atoms with Crippen molar-refractivity contribution in [1.82, 2.24) is 0 Å². The van der Waals surface area contributed by atoms with E-state index < -0.39 is 0 Å². The van der Waals surface area contributed by atoms with E-state index in [4.69, 9.17) is 0 Å². The van der Waals surface area contributed by atoms with Gasteiger partial charge in [0.25, 0.3) is 0 Å². The number of Topliss-reactive ketones (excluding diaryl/α,β-unsaturated/α-hetero) is 1. The minimum Gasteiger partial charge on any atom is -0.367 e. The molecule has 0 amide bonds. The Morgan fingerprint density at radius 2 is 1.82 bits per heavy atom. The fourth-order valence-corrected chi connectivity index (χ4v) is 1.88. The van der Waals surface area contributed by atoms with Crippen LogP contribution >= 0.6 is 0 Å². The van der Waals surface area contributed by atoms with E-state index in [2.05, 4.69) is 30.3 Å². The second-order valence-corrected chi connectivity index (χ2v) is 4.28. The lowest BCUT2D eigenvalue weighted by Gasteiger charge is -2.18. The Morgan fingerprint density at radius 1 is 1.12 bits per heavy atom. The average molecular weight is 227 g/mol. The van der Waals surface area contributed by atoms with Gasteiger partial charge in [-0.05, 0) is 22.9 Å². The van der Waals surface area contributed by atoms with Crippen molar-refractivity contribution in [3.05, 3.63) is 42.5 Å². The summed E-state index contributed by atoms with van der Waals surface area (Å²) in [6.45, 7) is 2.38. The van der Waals surface area contributed by atoms with E-state index in [1.54, 1.807) is 0 Å². The average Bonchev–Trinajstić information content (AvgIpc) is 2.38. The maximum Gasteiger partial charge on any atom is 0.151 e. The molecule has 2 aromatic rings. The van der Waals surface area contributed by atoms with E-state index in [1.807, 2.05) is 31.0 Å². The smallest absolute Gasteiger partial charge is 0.151 e. The van der Waals surface area contributed by atoms with E-state index >= 15 is 0 Å². The van der Waals surface area contributed by atoms with Crippen molar-refractivity contribution >= 4 is 22.2 Å². The highest BCUT2D eigenvalue weighted by Crippen LogP contribution is 2.21. The minimum atomic E-state index is 0.264. The van der Waals surface area contributed by atoms with E-state index in [0.717, 1.165) is 5.69 Å². The number of benzene rings is 2.